The maximum absolute atomic E-state index is 11.0. The number of fused-ring (bicyclic) bond motifs is 1. The fraction of sp³-hybridized carbons (Fsp3) is 0.500. The summed E-state index contributed by atoms with van der Waals surface area (Å²) in [4.78, 5) is 11.0. The molecule has 2 unspecified atom stereocenters. The Balaban J connectivity index is 1.88. The van der Waals surface area contributed by atoms with Gasteiger partial charge in [0.15, 0.2) is 0 Å². The first-order chi connectivity index (χ1) is 14.6. The second-order valence-corrected chi connectivity index (χ2v) is 14.8. The molecule has 5 heteroatoms. The molecule has 0 aliphatic carbocycles. The van der Waals surface area contributed by atoms with Crippen LogP contribution < -0.4 is 13.9 Å². The van der Waals surface area contributed by atoms with Crippen LogP contribution in [0.1, 0.15) is 56.7 Å². The highest BCUT2D eigenvalue weighted by atomic mass is 28.4. The lowest BCUT2D eigenvalue weighted by Crippen LogP contribution is -2.44. The van der Waals surface area contributed by atoms with Gasteiger partial charge in [-0.2, -0.15) is 0 Å². The molecule has 0 amide bonds. The molecule has 4 nitrogen and oxygen atoms in total. The summed E-state index contributed by atoms with van der Waals surface area (Å²) >= 11 is 0. The Morgan fingerprint density at radius 3 is 2.39 bits per heavy atom. The van der Waals surface area contributed by atoms with Crippen molar-refractivity contribution in [2.24, 2.45) is 0 Å². The number of carbonyl (C=O) groups is 1. The fourth-order valence-corrected chi connectivity index (χ4v) is 4.73. The zero-order chi connectivity index (χ0) is 22.8. The zero-order valence-electron chi connectivity index (χ0n) is 20.0. The number of methoxy groups -OCH3 is 1. The molecule has 168 valence electrons. The highest BCUT2D eigenvalue weighted by molar-refractivity contribution is 6.74. The Hall–Kier alpha value is -2.27. The van der Waals surface area contributed by atoms with E-state index in [1.807, 2.05) is 12.1 Å². The Morgan fingerprint density at radius 1 is 1.13 bits per heavy atom. The van der Waals surface area contributed by atoms with Crippen molar-refractivity contribution in [3.05, 3.63) is 53.1 Å². The molecule has 31 heavy (non-hydrogen) atoms. The van der Waals surface area contributed by atoms with Gasteiger partial charge in [-0.05, 0) is 59.9 Å². The van der Waals surface area contributed by atoms with E-state index < -0.39 is 8.32 Å². The number of benzene rings is 2. The van der Waals surface area contributed by atoms with Gasteiger partial charge in [0.2, 0.25) is 8.32 Å². The van der Waals surface area contributed by atoms with Crippen LogP contribution in [0.3, 0.4) is 0 Å². The van der Waals surface area contributed by atoms with Gasteiger partial charge in [-0.25, -0.2) is 0 Å². The van der Waals surface area contributed by atoms with Crippen LogP contribution in [0.4, 0.5) is 0 Å². The van der Waals surface area contributed by atoms with Crippen LogP contribution in [-0.4, -0.2) is 27.8 Å². The summed E-state index contributed by atoms with van der Waals surface area (Å²) in [6.45, 7) is 13.5. The second kappa shape index (κ2) is 9.07. The summed E-state index contributed by atoms with van der Waals surface area (Å²) in [7, 11) is -0.319. The molecule has 0 spiro atoms. The van der Waals surface area contributed by atoms with Gasteiger partial charge in [0, 0.05) is 24.3 Å². The average molecular weight is 441 g/mol. The fourth-order valence-electron chi connectivity index (χ4n) is 3.69. The standard InChI is InChI=1S/C26H36O4Si/c1-18-22-17-24(30-31(6,7)26(2,3)4)20(9-8-14-27)16-25(22)29-23(18)15-19-10-12-21(28-5)13-11-19/h10-14,16-18,23H,8-9,15H2,1-7H3. The van der Waals surface area contributed by atoms with Crippen molar-refractivity contribution >= 4 is 14.6 Å². The van der Waals surface area contributed by atoms with E-state index >= 15 is 0 Å². The molecular formula is C26H36O4Si. The molecule has 0 fully saturated rings. The van der Waals surface area contributed by atoms with Crippen LogP contribution in [-0.2, 0) is 17.6 Å². The summed E-state index contributed by atoms with van der Waals surface area (Å²) in [5, 5.41) is 0.104. The molecule has 3 rings (SSSR count). The van der Waals surface area contributed by atoms with Gasteiger partial charge in [-0.1, -0.05) is 39.8 Å². The Kier molecular flexibility index (Phi) is 6.84. The predicted octanol–water partition coefficient (Wildman–Crippen LogP) is 6.32. The maximum Gasteiger partial charge on any atom is 0.250 e. The van der Waals surface area contributed by atoms with Crippen molar-refractivity contribution in [2.75, 3.05) is 7.11 Å². The number of hydrogen-bond acceptors (Lipinski definition) is 4. The molecule has 2 atom stereocenters. The number of carbonyl (C=O) groups excluding carboxylic acids is 1. The van der Waals surface area contributed by atoms with Gasteiger partial charge < -0.3 is 18.7 Å². The minimum Gasteiger partial charge on any atom is -0.543 e. The van der Waals surface area contributed by atoms with Crippen molar-refractivity contribution in [3.63, 3.8) is 0 Å². The topological polar surface area (TPSA) is 44.8 Å². The summed E-state index contributed by atoms with van der Waals surface area (Å²) in [6, 6.07) is 12.5. The highest BCUT2D eigenvalue weighted by Gasteiger charge is 2.40. The number of rotatable bonds is 8. The molecule has 0 radical (unpaired) electrons. The average Bonchev–Trinajstić information content (AvgIpc) is 3.00. The first kappa shape index (κ1) is 23.4. The van der Waals surface area contributed by atoms with Crippen molar-refractivity contribution in [1.29, 1.82) is 0 Å². The third-order valence-electron chi connectivity index (χ3n) is 6.82. The molecule has 1 aliphatic heterocycles. The molecule has 1 heterocycles. The van der Waals surface area contributed by atoms with E-state index in [0.717, 1.165) is 35.5 Å². The van der Waals surface area contributed by atoms with Crippen LogP contribution in [0, 0.1) is 0 Å². The summed E-state index contributed by atoms with van der Waals surface area (Å²) in [5.41, 5.74) is 3.49. The molecular weight excluding hydrogens is 404 g/mol. The highest BCUT2D eigenvalue weighted by Crippen LogP contribution is 2.45. The van der Waals surface area contributed by atoms with Crippen molar-refractivity contribution in [3.8, 4) is 17.2 Å². The van der Waals surface area contributed by atoms with E-state index in [9.17, 15) is 4.79 Å². The van der Waals surface area contributed by atoms with Gasteiger partial charge in [-0.15, -0.1) is 0 Å². The van der Waals surface area contributed by atoms with E-state index in [1.165, 1.54) is 11.1 Å². The van der Waals surface area contributed by atoms with Crippen LogP contribution in [0.25, 0.3) is 0 Å². The van der Waals surface area contributed by atoms with Crippen LogP contribution in [0.15, 0.2) is 36.4 Å². The maximum atomic E-state index is 11.0. The monoisotopic (exact) mass is 440 g/mol. The van der Waals surface area contributed by atoms with Gasteiger partial charge in [-0.3, -0.25) is 0 Å². The number of hydrogen-bond donors (Lipinski definition) is 0. The van der Waals surface area contributed by atoms with E-state index in [4.69, 9.17) is 13.9 Å². The first-order valence-electron chi connectivity index (χ1n) is 11.1. The van der Waals surface area contributed by atoms with E-state index in [2.05, 4.69) is 65.1 Å². The van der Waals surface area contributed by atoms with Crippen molar-refractivity contribution in [1.82, 2.24) is 0 Å². The van der Waals surface area contributed by atoms with Crippen molar-refractivity contribution in [2.45, 2.75) is 77.1 Å². The van der Waals surface area contributed by atoms with Crippen LogP contribution in [0.2, 0.25) is 18.1 Å². The van der Waals surface area contributed by atoms with Gasteiger partial charge >= 0.3 is 0 Å². The SMILES string of the molecule is COc1ccc(CC2Oc3cc(CCC=O)c(O[Si](C)(C)C(C)(C)C)cc3C2C)cc1. The number of ether oxygens (including phenoxy) is 2. The lowest BCUT2D eigenvalue weighted by Gasteiger charge is -2.37. The number of aryl methyl sites for hydroxylation is 1. The summed E-state index contributed by atoms with van der Waals surface area (Å²) in [5.74, 6) is 2.97. The third kappa shape index (κ3) is 5.14. The summed E-state index contributed by atoms with van der Waals surface area (Å²) in [6.07, 6.45) is 3.03. The molecule has 2 aromatic carbocycles. The normalized spacial score (nSPS) is 18.3. The largest absolute Gasteiger partial charge is 0.543 e. The molecule has 0 aromatic heterocycles. The molecule has 0 bridgehead atoms. The lowest BCUT2D eigenvalue weighted by molar-refractivity contribution is -0.107. The van der Waals surface area contributed by atoms with E-state index in [0.29, 0.717) is 12.8 Å². The Morgan fingerprint density at radius 2 is 1.81 bits per heavy atom. The lowest BCUT2D eigenvalue weighted by atomic mass is 9.92. The quantitative estimate of drug-likeness (QED) is 0.356. The molecule has 0 saturated heterocycles. The Labute approximate surface area is 188 Å². The van der Waals surface area contributed by atoms with Crippen molar-refractivity contribution < 1.29 is 18.7 Å². The molecule has 2 aromatic rings. The second-order valence-electron chi connectivity index (χ2n) is 10.1. The predicted molar refractivity (Wildman–Crippen MR) is 128 cm³/mol. The zero-order valence-corrected chi connectivity index (χ0v) is 21.0. The van der Waals surface area contributed by atoms with Crippen LogP contribution >= 0.6 is 0 Å². The van der Waals surface area contributed by atoms with Crippen LogP contribution in [0.5, 0.6) is 17.2 Å². The number of aldehydes is 1. The van der Waals surface area contributed by atoms with E-state index in [1.54, 1.807) is 7.11 Å². The van der Waals surface area contributed by atoms with Gasteiger partial charge in [0.05, 0.1) is 7.11 Å². The van der Waals surface area contributed by atoms with Gasteiger partial charge in [0.25, 0.3) is 0 Å². The Bertz CT molecular complexity index is 912. The first-order valence-corrected chi connectivity index (χ1v) is 14.1. The smallest absolute Gasteiger partial charge is 0.250 e. The molecule has 0 saturated carbocycles. The minimum absolute atomic E-state index is 0.0745. The van der Waals surface area contributed by atoms with E-state index in [-0.39, 0.29) is 17.1 Å². The summed E-state index contributed by atoms with van der Waals surface area (Å²) < 4.78 is 18.4. The third-order valence-corrected chi connectivity index (χ3v) is 11.2. The minimum atomic E-state index is -2.00. The van der Waals surface area contributed by atoms with Gasteiger partial charge in [0.1, 0.15) is 29.6 Å². The molecule has 0 N–H and O–H groups in total. The molecule has 1 aliphatic rings.